The van der Waals surface area contributed by atoms with Crippen LogP contribution in [-0.2, 0) is 14.3 Å². The van der Waals surface area contributed by atoms with Crippen molar-refractivity contribution in [1.29, 1.82) is 0 Å². The van der Waals surface area contributed by atoms with E-state index >= 15 is 0 Å². The maximum Gasteiger partial charge on any atom is 0.229 e. The summed E-state index contributed by atoms with van der Waals surface area (Å²) in [6, 6.07) is 7.48. The molecule has 0 unspecified atom stereocenters. The molecule has 0 bridgehead atoms. The summed E-state index contributed by atoms with van der Waals surface area (Å²) in [4.78, 5) is 31.2. The van der Waals surface area contributed by atoms with E-state index in [0.717, 1.165) is 11.3 Å². The standard InChI is InChI=1S/C19H20ClN3O3S/c20-15-4-2-1-3-14(15)16-11-27-19(21-16)22-17(24)12-9-13(10-12)18(25)23-5-7-26-8-6-23/h1-4,11-13H,5-10H2,(H,21,22,24)/t12-,13-. The molecule has 0 radical (unpaired) electrons. The topological polar surface area (TPSA) is 71.5 Å². The maximum absolute atomic E-state index is 12.4. The van der Waals surface area contributed by atoms with Crippen molar-refractivity contribution >= 4 is 39.9 Å². The molecule has 27 heavy (non-hydrogen) atoms. The average molecular weight is 406 g/mol. The van der Waals surface area contributed by atoms with Crippen LogP contribution in [0, 0.1) is 11.8 Å². The Hall–Kier alpha value is -1.96. The van der Waals surface area contributed by atoms with Crippen LogP contribution in [0.5, 0.6) is 0 Å². The number of carbonyl (C=O) groups is 2. The van der Waals surface area contributed by atoms with Crippen molar-refractivity contribution in [3.8, 4) is 11.3 Å². The molecule has 2 amide bonds. The number of halogens is 1. The lowest BCUT2D eigenvalue weighted by molar-refractivity contribution is -0.145. The van der Waals surface area contributed by atoms with E-state index in [1.807, 2.05) is 34.5 Å². The maximum atomic E-state index is 12.4. The minimum Gasteiger partial charge on any atom is -0.378 e. The number of nitrogens with zero attached hydrogens (tertiary/aromatic N) is 2. The predicted octanol–water partition coefficient (Wildman–Crippen LogP) is 3.29. The lowest BCUT2D eigenvalue weighted by Gasteiger charge is -2.37. The molecule has 142 valence electrons. The van der Waals surface area contributed by atoms with Crippen LogP contribution in [0.1, 0.15) is 12.8 Å². The molecule has 4 rings (SSSR count). The highest BCUT2D eigenvalue weighted by atomic mass is 35.5. The predicted molar refractivity (Wildman–Crippen MR) is 105 cm³/mol. The Morgan fingerprint density at radius 3 is 2.67 bits per heavy atom. The van der Waals surface area contributed by atoms with Gasteiger partial charge in [-0.05, 0) is 18.9 Å². The van der Waals surface area contributed by atoms with E-state index in [4.69, 9.17) is 16.3 Å². The molecule has 2 aliphatic rings. The minimum absolute atomic E-state index is 0.0474. The van der Waals surface area contributed by atoms with Crippen molar-refractivity contribution in [3.63, 3.8) is 0 Å². The van der Waals surface area contributed by atoms with Crippen LogP contribution >= 0.6 is 22.9 Å². The third-order valence-electron chi connectivity index (χ3n) is 5.06. The number of benzene rings is 1. The van der Waals surface area contributed by atoms with E-state index in [1.54, 1.807) is 0 Å². The number of rotatable bonds is 4. The molecular formula is C19H20ClN3O3S. The first kappa shape index (κ1) is 18.4. The fraction of sp³-hybridized carbons (Fsp3) is 0.421. The second kappa shape index (κ2) is 7.96. The molecule has 2 heterocycles. The Labute approximate surface area is 166 Å². The van der Waals surface area contributed by atoms with E-state index in [0.29, 0.717) is 49.3 Å². The first-order chi connectivity index (χ1) is 13.1. The number of ether oxygens (including phenoxy) is 1. The number of amides is 2. The molecule has 1 N–H and O–H groups in total. The van der Waals surface area contributed by atoms with Gasteiger partial charge in [0.05, 0.1) is 18.9 Å². The summed E-state index contributed by atoms with van der Waals surface area (Å²) in [6.45, 7) is 2.49. The average Bonchev–Trinajstić information content (AvgIpc) is 3.09. The largest absolute Gasteiger partial charge is 0.378 e. The molecule has 1 aromatic heterocycles. The van der Waals surface area contributed by atoms with Gasteiger partial charge in [0, 0.05) is 40.9 Å². The summed E-state index contributed by atoms with van der Waals surface area (Å²) in [5.41, 5.74) is 1.59. The zero-order valence-corrected chi connectivity index (χ0v) is 16.3. The first-order valence-electron chi connectivity index (χ1n) is 8.99. The minimum atomic E-state index is -0.132. The highest BCUT2D eigenvalue weighted by molar-refractivity contribution is 7.14. The van der Waals surface area contributed by atoms with Crippen LogP contribution < -0.4 is 5.32 Å². The Morgan fingerprint density at radius 1 is 1.19 bits per heavy atom. The molecule has 1 aliphatic heterocycles. The molecule has 0 spiro atoms. The number of morpholine rings is 1. The van der Waals surface area contributed by atoms with Crippen molar-refractivity contribution in [2.45, 2.75) is 12.8 Å². The SMILES string of the molecule is O=C(Nc1nc(-c2ccccc2Cl)cs1)[C@H]1C[C@H](C(=O)N2CCOCC2)C1. The molecule has 1 aromatic carbocycles. The smallest absolute Gasteiger partial charge is 0.229 e. The van der Waals surface area contributed by atoms with E-state index < -0.39 is 0 Å². The van der Waals surface area contributed by atoms with Gasteiger partial charge in [0.25, 0.3) is 0 Å². The number of aromatic nitrogens is 1. The van der Waals surface area contributed by atoms with Crippen LogP contribution in [0.2, 0.25) is 5.02 Å². The third-order valence-corrected chi connectivity index (χ3v) is 6.15. The molecule has 2 aromatic rings. The molecular weight excluding hydrogens is 386 g/mol. The van der Waals surface area contributed by atoms with Crippen LogP contribution in [0.3, 0.4) is 0 Å². The molecule has 2 fully saturated rings. The zero-order chi connectivity index (χ0) is 18.8. The fourth-order valence-corrected chi connectivity index (χ4v) is 4.35. The number of anilines is 1. The zero-order valence-electron chi connectivity index (χ0n) is 14.7. The van der Waals surface area contributed by atoms with Crippen molar-refractivity contribution in [2.75, 3.05) is 31.6 Å². The summed E-state index contributed by atoms with van der Waals surface area (Å²) in [7, 11) is 0. The fourth-order valence-electron chi connectivity index (χ4n) is 3.41. The monoisotopic (exact) mass is 405 g/mol. The Balaban J connectivity index is 1.31. The van der Waals surface area contributed by atoms with Gasteiger partial charge in [0.2, 0.25) is 11.8 Å². The molecule has 1 saturated heterocycles. The molecule has 8 heteroatoms. The van der Waals surface area contributed by atoms with Gasteiger partial charge >= 0.3 is 0 Å². The van der Waals surface area contributed by atoms with Gasteiger partial charge in [0.15, 0.2) is 5.13 Å². The normalized spacial score (nSPS) is 22.2. The van der Waals surface area contributed by atoms with Crippen molar-refractivity contribution in [3.05, 3.63) is 34.7 Å². The quantitative estimate of drug-likeness (QED) is 0.847. The number of nitrogens with one attached hydrogen (secondary N) is 1. The van der Waals surface area contributed by atoms with Gasteiger partial charge in [-0.1, -0.05) is 29.8 Å². The van der Waals surface area contributed by atoms with Gasteiger partial charge in [-0.3, -0.25) is 9.59 Å². The number of hydrogen-bond acceptors (Lipinski definition) is 5. The van der Waals surface area contributed by atoms with E-state index in [1.165, 1.54) is 11.3 Å². The number of hydrogen-bond donors (Lipinski definition) is 1. The molecule has 6 nitrogen and oxygen atoms in total. The second-order valence-corrected chi connectivity index (χ2v) is 8.08. The lowest BCUT2D eigenvalue weighted by atomic mass is 9.73. The number of carbonyl (C=O) groups excluding carboxylic acids is 2. The second-order valence-electron chi connectivity index (χ2n) is 6.81. The number of thiazole rings is 1. The van der Waals surface area contributed by atoms with E-state index in [2.05, 4.69) is 10.3 Å². The van der Waals surface area contributed by atoms with Crippen molar-refractivity contribution < 1.29 is 14.3 Å². The summed E-state index contributed by atoms with van der Waals surface area (Å²) in [5.74, 6) is -0.0971. The van der Waals surface area contributed by atoms with Crippen LogP contribution in [0.15, 0.2) is 29.6 Å². The summed E-state index contributed by atoms with van der Waals surface area (Å²) >= 11 is 7.57. The van der Waals surface area contributed by atoms with Crippen molar-refractivity contribution in [2.24, 2.45) is 11.8 Å². The van der Waals surface area contributed by atoms with Crippen LogP contribution in [0.25, 0.3) is 11.3 Å². The van der Waals surface area contributed by atoms with Gasteiger partial charge < -0.3 is 15.0 Å². The summed E-state index contributed by atoms with van der Waals surface area (Å²) in [6.07, 6.45) is 1.20. The van der Waals surface area contributed by atoms with E-state index in [-0.39, 0.29) is 23.7 Å². The Kier molecular flexibility index (Phi) is 5.43. The van der Waals surface area contributed by atoms with Gasteiger partial charge in [-0.2, -0.15) is 0 Å². The molecule has 1 aliphatic carbocycles. The summed E-state index contributed by atoms with van der Waals surface area (Å²) in [5, 5.41) is 5.93. The van der Waals surface area contributed by atoms with Gasteiger partial charge in [-0.15, -0.1) is 11.3 Å². The third kappa shape index (κ3) is 4.00. The van der Waals surface area contributed by atoms with Gasteiger partial charge in [0.1, 0.15) is 0 Å². The van der Waals surface area contributed by atoms with Crippen LogP contribution in [0.4, 0.5) is 5.13 Å². The highest BCUT2D eigenvalue weighted by Gasteiger charge is 2.40. The van der Waals surface area contributed by atoms with Crippen LogP contribution in [-0.4, -0.2) is 48.0 Å². The summed E-state index contributed by atoms with van der Waals surface area (Å²) < 4.78 is 5.28. The Bertz CT molecular complexity index is 844. The first-order valence-corrected chi connectivity index (χ1v) is 10.3. The Morgan fingerprint density at radius 2 is 1.93 bits per heavy atom. The van der Waals surface area contributed by atoms with Gasteiger partial charge in [-0.25, -0.2) is 4.98 Å². The van der Waals surface area contributed by atoms with Crippen molar-refractivity contribution in [1.82, 2.24) is 9.88 Å². The molecule has 0 atom stereocenters. The highest BCUT2D eigenvalue weighted by Crippen LogP contribution is 2.37. The molecule has 1 saturated carbocycles. The van der Waals surface area contributed by atoms with E-state index in [9.17, 15) is 9.59 Å². The lowest BCUT2D eigenvalue weighted by Crippen LogP contribution is -2.48.